The van der Waals surface area contributed by atoms with E-state index in [9.17, 15) is 4.79 Å². The third-order valence-electron chi connectivity index (χ3n) is 5.01. The molecule has 1 amide bonds. The van der Waals surface area contributed by atoms with Crippen LogP contribution in [0.15, 0.2) is 16.9 Å². The van der Waals surface area contributed by atoms with E-state index in [-0.39, 0.29) is 11.9 Å². The number of ether oxygens (including phenoxy) is 1. The first kappa shape index (κ1) is 16.3. The number of hydrogen-bond acceptors (Lipinski definition) is 6. The Morgan fingerprint density at radius 2 is 2.16 bits per heavy atom. The number of amides is 1. The van der Waals surface area contributed by atoms with Gasteiger partial charge >= 0.3 is 0 Å². The van der Waals surface area contributed by atoms with E-state index in [2.05, 4.69) is 19.6 Å². The fourth-order valence-corrected chi connectivity index (χ4v) is 3.61. The fourth-order valence-electron chi connectivity index (χ4n) is 3.61. The molecule has 4 rings (SSSR count). The molecular formula is C17H23N5O3. The molecule has 1 fully saturated rings. The minimum Gasteiger partial charge on any atom is -0.379 e. The van der Waals surface area contributed by atoms with Gasteiger partial charge in [0.15, 0.2) is 0 Å². The molecule has 1 unspecified atom stereocenters. The summed E-state index contributed by atoms with van der Waals surface area (Å²) >= 11 is 0. The minimum atomic E-state index is -0.116. The van der Waals surface area contributed by atoms with Crippen LogP contribution >= 0.6 is 0 Å². The normalized spacial score (nSPS) is 21.4. The summed E-state index contributed by atoms with van der Waals surface area (Å²) in [5.74, 6) is 0.180. The molecule has 2 aromatic rings. The van der Waals surface area contributed by atoms with Crippen LogP contribution in [0.5, 0.6) is 0 Å². The lowest BCUT2D eigenvalue weighted by atomic mass is 10.0. The number of rotatable bonds is 3. The molecule has 0 spiro atoms. The van der Waals surface area contributed by atoms with Gasteiger partial charge in [-0.3, -0.25) is 9.69 Å². The average molecular weight is 345 g/mol. The van der Waals surface area contributed by atoms with Crippen LogP contribution in [0, 0.1) is 6.92 Å². The highest BCUT2D eigenvalue weighted by Crippen LogP contribution is 2.25. The molecule has 8 heteroatoms. The Kier molecular flexibility index (Phi) is 4.30. The van der Waals surface area contributed by atoms with E-state index in [1.807, 2.05) is 25.2 Å². The number of morpholine rings is 1. The number of aromatic nitrogens is 3. The van der Waals surface area contributed by atoms with Crippen LogP contribution in [-0.2, 0) is 24.8 Å². The number of carbonyl (C=O) groups excluding carboxylic acids is 1. The third-order valence-corrected chi connectivity index (χ3v) is 5.01. The van der Waals surface area contributed by atoms with Gasteiger partial charge in [0, 0.05) is 44.9 Å². The highest BCUT2D eigenvalue weighted by molar-refractivity contribution is 5.91. The second-order valence-corrected chi connectivity index (χ2v) is 6.79. The van der Waals surface area contributed by atoms with Gasteiger partial charge in [0.1, 0.15) is 0 Å². The molecule has 25 heavy (non-hydrogen) atoms. The lowest BCUT2D eigenvalue weighted by Gasteiger charge is -2.39. The van der Waals surface area contributed by atoms with Gasteiger partial charge < -0.3 is 18.7 Å². The predicted molar refractivity (Wildman–Crippen MR) is 89.1 cm³/mol. The zero-order chi connectivity index (χ0) is 17.4. The Morgan fingerprint density at radius 3 is 2.88 bits per heavy atom. The molecule has 2 aromatic heterocycles. The van der Waals surface area contributed by atoms with Gasteiger partial charge in [-0.05, 0) is 6.92 Å². The van der Waals surface area contributed by atoms with Crippen LogP contribution in [0.25, 0.3) is 0 Å². The summed E-state index contributed by atoms with van der Waals surface area (Å²) in [7, 11) is 2.01. The van der Waals surface area contributed by atoms with Crippen LogP contribution < -0.4 is 0 Å². The molecule has 0 saturated carbocycles. The molecule has 1 atom stereocenters. The maximum absolute atomic E-state index is 13.0. The molecule has 1 saturated heterocycles. The first-order chi connectivity index (χ1) is 12.1. The van der Waals surface area contributed by atoms with Crippen LogP contribution in [-0.4, -0.2) is 69.3 Å². The minimum absolute atomic E-state index is 0.0823. The molecular weight excluding hydrogens is 322 g/mol. The van der Waals surface area contributed by atoms with Crippen LogP contribution in [0.2, 0.25) is 0 Å². The van der Waals surface area contributed by atoms with Crippen molar-refractivity contribution >= 4 is 5.91 Å². The summed E-state index contributed by atoms with van der Waals surface area (Å²) in [6, 6.07) is 1.78. The van der Waals surface area contributed by atoms with Crippen molar-refractivity contribution in [3.63, 3.8) is 0 Å². The highest BCUT2D eigenvalue weighted by atomic mass is 16.5. The first-order valence-corrected chi connectivity index (χ1v) is 8.65. The number of carbonyl (C=O) groups is 1. The van der Waals surface area contributed by atoms with E-state index in [1.165, 1.54) is 5.69 Å². The van der Waals surface area contributed by atoms with Crippen LogP contribution in [0.1, 0.15) is 27.6 Å². The maximum Gasteiger partial charge on any atom is 0.293 e. The van der Waals surface area contributed by atoms with E-state index in [4.69, 9.17) is 9.26 Å². The molecule has 134 valence electrons. The van der Waals surface area contributed by atoms with Gasteiger partial charge in [0.2, 0.25) is 5.76 Å². The Balaban J connectivity index is 1.59. The summed E-state index contributed by atoms with van der Waals surface area (Å²) in [5.41, 5.74) is 2.88. The molecule has 0 N–H and O–H groups in total. The monoisotopic (exact) mass is 345 g/mol. The topological polar surface area (TPSA) is 76.6 Å². The molecule has 0 radical (unpaired) electrons. The van der Waals surface area contributed by atoms with Crippen molar-refractivity contribution in [1.29, 1.82) is 0 Å². The SMILES string of the molecule is Cc1cc(C(=O)N2Cc3ncn(C)c3CC2CN2CCOCC2)on1. The number of hydrogen-bond donors (Lipinski definition) is 0. The van der Waals surface area contributed by atoms with E-state index >= 15 is 0 Å². The second-order valence-electron chi connectivity index (χ2n) is 6.79. The van der Waals surface area contributed by atoms with Crippen molar-refractivity contribution in [3.8, 4) is 0 Å². The Bertz CT molecular complexity index is 762. The second kappa shape index (κ2) is 6.61. The molecule has 0 aliphatic carbocycles. The summed E-state index contributed by atoms with van der Waals surface area (Å²) in [6.45, 7) is 6.45. The number of fused-ring (bicyclic) bond motifs is 1. The van der Waals surface area contributed by atoms with Gasteiger partial charge in [-0.1, -0.05) is 5.16 Å². The molecule has 4 heterocycles. The lowest BCUT2D eigenvalue weighted by molar-refractivity contribution is 0.0178. The van der Waals surface area contributed by atoms with Gasteiger partial charge in [0.25, 0.3) is 5.91 Å². The van der Waals surface area contributed by atoms with Crippen molar-refractivity contribution < 1.29 is 14.1 Å². The summed E-state index contributed by atoms with van der Waals surface area (Å²) in [4.78, 5) is 21.7. The van der Waals surface area contributed by atoms with Gasteiger partial charge in [-0.15, -0.1) is 0 Å². The largest absolute Gasteiger partial charge is 0.379 e. The summed E-state index contributed by atoms with van der Waals surface area (Å²) in [5, 5.41) is 3.85. The number of nitrogens with zero attached hydrogens (tertiary/aromatic N) is 5. The maximum atomic E-state index is 13.0. The molecule has 0 aromatic carbocycles. The van der Waals surface area contributed by atoms with E-state index in [0.29, 0.717) is 18.0 Å². The number of aryl methyl sites for hydroxylation is 2. The van der Waals surface area contributed by atoms with Crippen molar-refractivity contribution in [1.82, 2.24) is 24.5 Å². The zero-order valence-corrected chi connectivity index (χ0v) is 14.6. The van der Waals surface area contributed by atoms with Gasteiger partial charge in [-0.2, -0.15) is 0 Å². The van der Waals surface area contributed by atoms with Gasteiger partial charge in [0.05, 0.1) is 43.5 Å². The fraction of sp³-hybridized carbons (Fsp3) is 0.588. The predicted octanol–water partition coefficient (Wildman–Crippen LogP) is 0.616. The van der Waals surface area contributed by atoms with Crippen molar-refractivity contribution in [3.05, 3.63) is 35.2 Å². The van der Waals surface area contributed by atoms with Crippen molar-refractivity contribution in [2.45, 2.75) is 25.9 Å². The number of imidazole rings is 1. The van der Waals surface area contributed by atoms with Gasteiger partial charge in [-0.25, -0.2) is 4.98 Å². The van der Waals surface area contributed by atoms with Crippen molar-refractivity contribution in [2.24, 2.45) is 7.05 Å². The lowest BCUT2D eigenvalue weighted by Crippen LogP contribution is -2.52. The Hall–Kier alpha value is -2.19. The van der Waals surface area contributed by atoms with E-state index in [0.717, 1.165) is 45.0 Å². The summed E-state index contributed by atoms with van der Waals surface area (Å²) < 4.78 is 12.7. The first-order valence-electron chi connectivity index (χ1n) is 8.65. The van der Waals surface area contributed by atoms with E-state index < -0.39 is 0 Å². The average Bonchev–Trinajstić information content (AvgIpc) is 3.21. The Labute approximate surface area is 146 Å². The van der Waals surface area contributed by atoms with Crippen LogP contribution in [0.3, 0.4) is 0 Å². The zero-order valence-electron chi connectivity index (χ0n) is 14.6. The third kappa shape index (κ3) is 3.19. The summed E-state index contributed by atoms with van der Waals surface area (Å²) in [6.07, 6.45) is 2.62. The standard InChI is InChI=1S/C17H23N5O3/c1-12-7-16(25-19-12)17(23)22-10-14-15(20(2)11-18-14)8-13(22)9-21-3-5-24-6-4-21/h7,11,13H,3-6,8-10H2,1-2H3. The molecule has 2 aliphatic rings. The van der Waals surface area contributed by atoms with E-state index in [1.54, 1.807) is 6.07 Å². The Morgan fingerprint density at radius 1 is 1.36 bits per heavy atom. The molecule has 2 aliphatic heterocycles. The van der Waals surface area contributed by atoms with Crippen molar-refractivity contribution in [2.75, 3.05) is 32.8 Å². The smallest absolute Gasteiger partial charge is 0.293 e. The molecule has 0 bridgehead atoms. The highest BCUT2D eigenvalue weighted by Gasteiger charge is 2.35. The quantitative estimate of drug-likeness (QED) is 0.811. The van der Waals surface area contributed by atoms with Crippen LogP contribution in [0.4, 0.5) is 0 Å². The molecule has 8 nitrogen and oxygen atoms in total.